The van der Waals surface area contributed by atoms with Crippen LogP contribution >= 0.6 is 0 Å². The molecule has 224 valence electrons. The molecule has 0 aromatic heterocycles. The van der Waals surface area contributed by atoms with Crippen molar-refractivity contribution in [3.05, 3.63) is 46.3 Å². The lowest BCUT2D eigenvalue weighted by Crippen LogP contribution is -2.62. The van der Waals surface area contributed by atoms with E-state index in [1.165, 1.54) is 31.3 Å². The summed E-state index contributed by atoms with van der Waals surface area (Å²) in [5, 5.41) is 13.8. The number of carbonyl (C=O) groups is 2. The Bertz CT molecular complexity index is 1280. The van der Waals surface area contributed by atoms with Gasteiger partial charge in [-0.05, 0) is 117 Å². The van der Waals surface area contributed by atoms with Crippen LogP contribution in [-0.2, 0) is 9.59 Å². The number of allylic oxidation sites excluding steroid dienone is 7. The fraction of sp³-hybridized carbons (Fsp3) is 0.722. The predicted octanol–water partition coefficient (Wildman–Crippen LogP) is 7.22. The fourth-order valence-electron chi connectivity index (χ4n) is 10.4. The average Bonchev–Trinajstić information content (AvgIpc) is 2.95. The molecule has 6 aliphatic rings. The molecule has 5 aliphatic carbocycles. The van der Waals surface area contributed by atoms with Gasteiger partial charge in [0, 0.05) is 29.5 Å². The summed E-state index contributed by atoms with van der Waals surface area (Å²) in [4.78, 5) is 29.1. The van der Waals surface area contributed by atoms with Gasteiger partial charge in [0.2, 0.25) is 11.7 Å². The van der Waals surface area contributed by atoms with E-state index in [0.29, 0.717) is 11.5 Å². The smallest absolute Gasteiger partial charge is 0.225 e. The molecule has 0 radical (unpaired) electrons. The van der Waals surface area contributed by atoms with Crippen LogP contribution in [0.4, 0.5) is 0 Å². The summed E-state index contributed by atoms with van der Waals surface area (Å²) in [6.07, 6.45) is 17.5. The van der Waals surface area contributed by atoms with Crippen molar-refractivity contribution < 1.29 is 14.7 Å². The number of hydrogen-bond acceptors (Lipinski definition) is 4. The number of hydrogen-bond donors (Lipinski definition) is 2. The lowest BCUT2D eigenvalue weighted by atomic mass is 9.34. The quantitative estimate of drug-likeness (QED) is 0.381. The monoisotopic (exact) mass is 560 g/mol. The highest BCUT2D eigenvalue weighted by Gasteiger charge is 2.67. The lowest BCUT2D eigenvalue weighted by Gasteiger charge is -2.70. The van der Waals surface area contributed by atoms with Crippen LogP contribution in [-0.4, -0.2) is 47.9 Å². The number of nitrogens with one attached hydrogen (secondary N) is 1. The Kier molecular flexibility index (Phi) is 6.84. The fourth-order valence-corrected chi connectivity index (χ4v) is 10.4. The Labute approximate surface area is 247 Å². The largest absolute Gasteiger partial charge is 0.504 e. The minimum atomic E-state index is -0.333. The van der Waals surface area contributed by atoms with Crippen molar-refractivity contribution in [2.75, 3.05) is 26.2 Å². The summed E-state index contributed by atoms with van der Waals surface area (Å²) < 4.78 is 0. The second-order valence-corrected chi connectivity index (χ2v) is 15.8. The topological polar surface area (TPSA) is 69.6 Å². The third-order valence-corrected chi connectivity index (χ3v) is 13.6. The first-order chi connectivity index (χ1) is 19.3. The summed E-state index contributed by atoms with van der Waals surface area (Å²) in [6, 6.07) is 0. The third kappa shape index (κ3) is 4.18. The first kappa shape index (κ1) is 29.0. The van der Waals surface area contributed by atoms with Gasteiger partial charge in [-0.1, -0.05) is 58.8 Å². The van der Waals surface area contributed by atoms with Crippen molar-refractivity contribution in [3.8, 4) is 0 Å². The summed E-state index contributed by atoms with van der Waals surface area (Å²) in [5.74, 6) is 0.340. The first-order valence-electron chi connectivity index (χ1n) is 16.4. The number of amides is 1. The van der Waals surface area contributed by atoms with Crippen LogP contribution in [0, 0.1) is 33.0 Å². The van der Waals surface area contributed by atoms with Gasteiger partial charge in [-0.3, -0.25) is 9.59 Å². The van der Waals surface area contributed by atoms with E-state index in [0.717, 1.165) is 75.9 Å². The molecule has 3 saturated carbocycles. The van der Waals surface area contributed by atoms with Gasteiger partial charge < -0.3 is 15.3 Å². The number of rotatable bonds is 4. The number of fused-ring (bicyclic) bond motifs is 7. The first-order valence-corrected chi connectivity index (χ1v) is 16.4. The zero-order valence-corrected chi connectivity index (χ0v) is 26.4. The Morgan fingerprint density at radius 3 is 2.41 bits per heavy atom. The summed E-state index contributed by atoms with van der Waals surface area (Å²) in [7, 11) is 0. The highest BCUT2D eigenvalue weighted by Crippen LogP contribution is 2.75. The molecule has 1 amide bonds. The highest BCUT2D eigenvalue weighted by atomic mass is 16.3. The third-order valence-electron chi connectivity index (χ3n) is 13.6. The number of likely N-dealkylation sites (tertiary alicyclic amines) is 1. The van der Waals surface area contributed by atoms with Crippen LogP contribution in [0.1, 0.15) is 106 Å². The lowest BCUT2D eigenvalue weighted by molar-refractivity contribution is -0.169. The van der Waals surface area contributed by atoms with Gasteiger partial charge in [0.15, 0.2) is 5.76 Å². The maximum Gasteiger partial charge on any atom is 0.225 e. The molecule has 0 spiro atoms. The van der Waals surface area contributed by atoms with E-state index in [1.807, 2.05) is 6.92 Å². The van der Waals surface area contributed by atoms with E-state index in [9.17, 15) is 14.7 Å². The van der Waals surface area contributed by atoms with Gasteiger partial charge >= 0.3 is 0 Å². The molecule has 1 heterocycles. The minimum Gasteiger partial charge on any atom is -0.504 e. The van der Waals surface area contributed by atoms with Crippen LogP contribution in [0.15, 0.2) is 46.3 Å². The van der Waals surface area contributed by atoms with Crippen LogP contribution in [0.25, 0.3) is 0 Å². The molecular formula is C36H52N2O3. The molecule has 5 heteroatoms. The maximum absolute atomic E-state index is 13.8. The van der Waals surface area contributed by atoms with E-state index in [1.54, 1.807) is 6.08 Å². The summed E-state index contributed by atoms with van der Waals surface area (Å²) in [5.41, 5.74) is 4.02. The SMILES string of the molecule is CC1=C(O)C(=O)C=C2C1=CC=C1[C@@]2(C)CC[C@@]2(C)[C@@H]3C[C@](C)(C(=O)NCCN4CCCCC4)CC[C@]3(C)CC[C@]12C. The van der Waals surface area contributed by atoms with Crippen molar-refractivity contribution in [3.63, 3.8) is 0 Å². The molecule has 0 aromatic rings. The number of carbonyl (C=O) groups excluding carboxylic acids is 2. The minimum absolute atomic E-state index is 0.0177. The van der Waals surface area contributed by atoms with Crippen LogP contribution in [0.2, 0.25) is 0 Å². The normalized spacial score (nSPS) is 42.6. The Balaban J connectivity index is 1.28. The molecule has 0 aromatic carbocycles. The maximum atomic E-state index is 13.8. The van der Waals surface area contributed by atoms with Crippen molar-refractivity contribution in [2.24, 2.45) is 33.0 Å². The Hall–Kier alpha value is -2.14. The number of ketones is 1. The van der Waals surface area contributed by atoms with E-state index in [4.69, 9.17) is 0 Å². The molecule has 0 unspecified atom stereocenters. The van der Waals surface area contributed by atoms with Gasteiger partial charge in [-0.15, -0.1) is 0 Å². The number of nitrogens with zero attached hydrogens (tertiary/aromatic N) is 1. The summed E-state index contributed by atoms with van der Waals surface area (Å²) >= 11 is 0. The zero-order valence-electron chi connectivity index (χ0n) is 26.4. The number of aliphatic hydroxyl groups excluding tert-OH is 1. The van der Waals surface area contributed by atoms with E-state index in [2.05, 4.69) is 57.0 Å². The number of aliphatic hydroxyl groups is 1. The van der Waals surface area contributed by atoms with Crippen LogP contribution in [0.5, 0.6) is 0 Å². The van der Waals surface area contributed by atoms with E-state index in [-0.39, 0.29) is 44.5 Å². The molecule has 2 N–H and O–H groups in total. The van der Waals surface area contributed by atoms with Crippen molar-refractivity contribution in [2.45, 2.75) is 106 Å². The molecular weight excluding hydrogens is 508 g/mol. The predicted molar refractivity (Wildman–Crippen MR) is 164 cm³/mol. The highest BCUT2D eigenvalue weighted by molar-refractivity contribution is 6.06. The molecule has 6 atom stereocenters. The van der Waals surface area contributed by atoms with Gasteiger partial charge in [-0.25, -0.2) is 0 Å². The van der Waals surface area contributed by atoms with E-state index < -0.39 is 0 Å². The summed E-state index contributed by atoms with van der Waals surface area (Å²) in [6.45, 7) is 18.0. The molecule has 6 rings (SSSR count). The van der Waals surface area contributed by atoms with Gasteiger partial charge in [-0.2, -0.15) is 0 Å². The second kappa shape index (κ2) is 9.69. The molecule has 5 nitrogen and oxygen atoms in total. The van der Waals surface area contributed by atoms with Gasteiger partial charge in [0.1, 0.15) is 0 Å². The average molecular weight is 561 g/mol. The Morgan fingerprint density at radius 1 is 0.976 bits per heavy atom. The van der Waals surface area contributed by atoms with Crippen molar-refractivity contribution in [1.82, 2.24) is 10.2 Å². The molecule has 0 bridgehead atoms. The molecule has 4 fully saturated rings. The number of piperidine rings is 1. The zero-order chi connectivity index (χ0) is 29.4. The van der Waals surface area contributed by atoms with Crippen molar-refractivity contribution in [1.29, 1.82) is 0 Å². The van der Waals surface area contributed by atoms with Gasteiger partial charge in [0.25, 0.3) is 0 Å². The molecule has 1 aliphatic heterocycles. The standard InChI is InChI=1S/C36H52N2O3/c1-24-25-10-11-28-34(4,26(25)22-27(39)30(24)40)15-17-36(6)29-23-33(3,13-12-32(29,2)14-16-35(28,36)5)31(41)37-18-21-38-19-8-7-9-20-38/h10-11,22,29,40H,7-9,12-21,23H2,1-6H3,(H,37,41)/t29-,32-,33-,34+,35-,36+/m1/s1. The molecule has 41 heavy (non-hydrogen) atoms. The van der Waals surface area contributed by atoms with Crippen LogP contribution < -0.4 is 5.32 Å². The van der Waals surface area contributed by atoms with Crippen LogP contribution in [0.3, 0.4) is 0 Å². The van der Waals surface area contributed by atoms with Crippen molar-refractivity contribution >= 4 is 11.7 Å². The second-order valence-electron chi connectivity index (χ2n) is 15.8. The van der Waals surface area contributed by atoms with Gasteiger partial charge in [0.05, 0.1) is 0 Å². The Morgan fingerprint density at radius 2 is 1.68 bits per heavy atom. The molecule has 1 saturated heterocycles. The van der Waals surface area contributed by atoms with E-state index >= 15 is 0 Å².